The molecule has 0 aliphatic rings. The molecule has 0 saturated heterocycles. The lowest BCUT2D eigenvalue weighted by atomic mass is 10.3. The first kappa shape index (κ1) is 15.9. The highest BCUT2D eigenvalue weighted by atomic mass is 16.6. The lowest BCUT2D eigenvalue weighted by molar-refractivity contribution is -0.384. The number of anilines is 3. The van der Waals surface area contributed by atoms with Gasteiger partial charge in [-0.1, -0.05) is 6.07 Å². The maximum Gasteiger partial charge on any atom is 0.323 e. The summed E-state index contributed by atoms with van der Waals surface area (Å²) in [5, 5.41) is 15.7. The number of carbonyl (C=O) groups excluding carboxylic acids is 1. The molecule has 2 aromatic carbocycles. The highest BCUT2D eigenvalue weighted by molar-refractivity contribution is 5.99. The van der Waals surface area contributed by atoms with Crippen LogP contribution in [0.15, 0.2) is 48.5 Å². The van der Waals surface area contributed by atoms with Gasteiger partial charge in [-0.05, 0) is 30.3 Å². The summed E-state index contributed by atoms with van der Waals surface area (Å²) >= 11 is 0. The minimum absolute atomic E-state index is 0. The molecule has 21 heavy (non-hydrogen) atoms. The van der Waals surface area contributed by atoms with Crippen molar-refractivity contribution in [2.45, 2.75) is 0 Å². The number of nitrogen functional groups attached to an aromatic ring is 1. The van der Waals surface area contributed by atoms with Crippen LogP contribution in [0.1, 0.15) is 0 Å². The van der Waals surface area contributed by atoms with Crippen molar-refractivity contribution < 1.29 is 9.72 Å². The molecular formula is C13H15N5O3. The van der Waals surface area contributed by atoms with Gasteiger partial charge >= 0.3 is 6.03 Å². The maximum atomic E-state index is 11.7. The van der Waals surface area contributed by atoms with E-state index >= 15 is 0 Å². The molecule has 8 heteroatoms. The van der Waals surface area contributed by atoms with Crippen molar-refractivity contribution in [3.8, 4) is 0 Å². The predicted octanol–water partition coefficient (Wildman–Crippen LogP) is 2.98. The Labute approximate surface area is 120 Å². The molecule has 0 heterocycles. The number of non-ortho nitro benzene ring substituents is 1. The van der Waals surface area contributed by atoms with E-state index in [1.165, 1.54) is 18.2 Å². The summed E-state index contributed by atoms with van der Waals surface area (Å²) < 4.78 is 0. The van der Waals surface area contributed by atoms with E-state index in [1.54, 1.807) is 30.3 Å². The smallest absolute Gasteiger partial charge is 0.323 e. The molecule has 0 spiro atoms. The van der Waals surface area contributed by atoms with Crippen molar-refractivity contribution in [2.24, 2.45) is 0 Å². The number of hydrogen-bond acceptors (Lipinski definition) is 5. The average molecular weight is 289 g/mol. The second-order valence-electron chi connectivity index (χ2n) is 4.01. The highest BCUT2D eigenvalue weighted by Crippen LogP contribution is 2.17. The minimum atomic E-state index is -0.525. The van der Waals surface area contributed by atoms with Gasteiger partial charge < -0.3 is 22.5 Å². The first-order chi connectivity index (χ1) is 9.54. The fraction of sp³-hybridized carbons (Fsp3) is 0. The van der Waals surface area contributed by atoms with Crippen LogP contribution in [-0.2, 0) is 0 Å². The molecule has 8 nitrogen and oxygen atoms in total. The number of nitrogens with one attached hydrogen (secondary N) is 2. The van der Waals surface area contributed by atoms with Gasteiger partial charge in [-0.25, -0.2) is 4.79 Å². The molecule has 2 aromatic rings. The largest absolute Gasteiger partial charge is 0.399 e. The van der Waals surface area contributed by atoms with Gasteiger partial charge in [0.25, 0.3) is 5.69 Å². The van der Waals surface area contributed by atoms with Crippen molar-refractivity contribution >= 4 is 28.8 Å². The second-order valence-corrected chi connectivity index (χ2v) is 4.01. The second kappa shape index (κ2) is 6.87. The molecule has 0 aromatic heterocycles. The summed E-state index contributed by atoms with van der Waals surface area (Å²) in [6.07, 6.45) is 0. The number of benzene rings is 2. The van der Waals surface area contributed by atoms with Crippen LogP contribution in [0, 0.1) is 10.1 Å². The van der Waals surface area contributed by atoms with Gasteiger partial charge in [0, 0.05) is 29.2 Å². The van der Waals surface area contributed by atoms with Crippen LogP contribution in [0.2, 0.25) is 0 Å². The van der Waals surface area contributed by atoms with Crippen LogP contribution in [0.25, 0.3) is 0 Å². The quantitative estimate of drug-likeness (QED) is 0.390. The minimum Gasteiger partial charge on any atom is -0.399 e. The Morgan fingerprint density at radius 1 is 1.05 bits per heavy atom. The third-order valence-corrected chi connectivity index (χ3v) is 2.48. The molecule has 0 saturated carbocycles. The zero-order valence-electron chi connectivity index (χ0n) is 11.1. The number of nitrogens with zero attached hydrogens (tertiary/aromatic N) is 1. The van der Waals surface area contributed by atoms with Gasteiger partial charge in [-0.15, -0.1) is 0 Å². The fourth-order valence-electron chi connectivity index (χ4n) is 1.56. The van der Waals surface area contributed by atoms with Gasteiger partial charge in [-0.2, -0.15) is 0 Å². The average Bonchev–Trinajstić information content (AvgIpc) is 2.41. The van der Waals surface area contributed by atoms with Crippen LogP contribution < -0.4 is 22.5 Å². The van der Waals surface area contributed by atoms with Crippen LogP contribution >= 0.6 is 0 Å². The van der Waals surface area contributed by atoms with Crippen LogP contribution in [0.3, 0.4) is 0 Å². The predicted molar refractivity (Wildman–Crippen MR) is 81.6 cm³/mol. The van der Waals surface area contributed by atoms with Crippen molar-refractivity contribution in [3.63, 3.8) is 0 Å². The summed E-state index contributed by atoms with van der Waals surface area (Å²) in [5.74, 6) is 0. The van der Waals surface area contributed by atoms with E-state index in [4.69, 9.17) is 5.73 Å². The monoisotopic (exact) mass is 289 g/mol. The van der Waals surface area contributed by atoms with Crippen molar-refractivity contribution in [1.29, 1.82) is 0 Å². The Kier molecular flexibility index (Phi) is 5.21. The first-order valence-electron chi connectivity index (χ1n) is 5.72. The number of nitro groups is 1. The zero-order chi connectivity index (χ0) is 14.5. The summed E-state index contributed by atoms with van der Waals surface area (Å²) in [4.78, 5) is 21.8. The summed E-state index contributed by atoms with van der Waals surface area (Å²) in [6, 6.07) is 11.8. The molecule has 7 N–H and O–H groups in total. The van der Waals surface area contributed by atoms with Crippen molar-refractivity contribution in [2.75, 3.05) is 16.4 Å². The molecule has 0 atom stereocenters. The van der Waals surface area contributed by atoms with E-state index in [2.05, 4.69) is 10.6 Å². The van der Waals surface area contributed by atoms with Crippen LogP contribution in [0.5, 0.6) is 0 Å². The fourth-order valence-corrected chi connectivity index (χ4v) is 1.56. The lowest BCUT2D eigenvalue weighted by Crippen LogP contribution is -2.19. The highest BCUT2D eigenvalue weighted by Gasteiger charge is 2.08. The van der Waals surface area contributed by atoms with E-state index in [0.29, 0.717) is 17.1 Å². The number of carbonyl (C=O) groups is 1. The standard InChI is InChI=1S/C13H12N4O3.H3N/c14-9-4-6-10(7-5-9)15-13(18)16-11-2-1-3-12(8-11)17(19)20;/h1-8H,14H2,(H2,15,16,18);1H3. The van der Waals surface area contributed by atoms with E-state index in [-0.39, 0.29) is 11.8 Å². The topological polar surface area (TPSA) is 145 Å². The van der Waals surface area contributed by atoms with Crippen molar-refractivity contribution in [1.82, 2.24) is 6.15 Å². The summed E-state index contributed by atoms with van der Waals surface area (Å²) in [7, 11) is 0. The Bertz CT molecular complexity index is 643. The normalized spacial score (nSPS) is 9.33. The van der Waals surface area contributed by atoms with Crippen LogP contribution in [0.4, 0.5) is 27.5 Å². The third-order valence-electron chi connectivity index (χ3n) is 2.48. The number of nitrogens with two attached hydrogens (primary N) is 1. The van der Waals surface area contributed by atoms with E-state index in [9.17, 15) is 14.9 Å². The third kappa shape index (κ3) is 4.48. The van der Waals surface area contributed by atoms with E-state index < -0.39 is 11.0 Å². The van der Waals surface area contributed by atoms with Gasteiger partial charge in [0.15, 0.2) is 0 Å². The molecule has 0 unspecified atom stereocenters. The summed E-state index contributed by atoms with van der Waals surface area (Å²) in [6.45, 7) is 0. The molecule has 2 rings (SSSR count). The molecule has 110 valence electrons. The SMILES string of the molecule is N.Nc1ccc(NC(=O)Nc2cccc([N+](=O)[O-])c2)cc1. The number of rotatable bonds is 3. The number of nitro benzene ring substituents is 1. The van der Waals surface area contributed by atoms with E-state index in [1.807, 2.05) is 0 Å². The Balaban J connectivity index is 0.00000220. The first-order valence-corrected chi connectivity index (χ1v) is 5.72. The molecule has 0 aliphatic heterocycles. The van der Waals surface area contributed by atoms with Gasteiger partial charge in [0.05, 0.1) is 4.92 Å². The Hall–Kier alpha value is -3.13. The number of amides is 2. The Morgan fingerprint density at radius 3 is 2.29 bits per heavy atom. The molecule has 0 radical (unpaired) electrons. The summed E-state index contributed by atoms with van der Waals surface area (Å²) in [5.41, 5.74) is 6.95. The lowest BCUT2D eigenvalue weighted by Gasteiger charge is -2.07. The van der Waals surface area contributed by atoms with Gasteiger partial charge in [0.1, 0.15) is 0 Å². The van der Waals surface area contributed by atoms with Crippen molar-refractivity contribution in [3.05, 3.63) is 58.6 Å². The van der Waals surface area contributed by atoms with Gasteiger partial charge in [-0.3, -0.25) is 10.1 Å². The van der Waals surface area contributed by atoms with Crippen LogP contribution in [-0.4, -0.2) is 11.0 Å². The zero-order valence-corrected chi connectivity index (χ0v) is 11.1. The van der Waals surface area contributed by atoms with E-state index in [0.717, 1.165) is 0 Å². The molecule has 0 bridgehead atoms. The number of urea groups is 1. The number of hydrogen-bond donors (Lipinski definition) is 4. The molecular weight excluding hydrogens is 274 g/mol. The Morgan fingerprint density at radius 2 is 1.67 bits per heavy atom. The molecule has 2 amide bonds. The molecule has 0 aliphatic carbocycles. The molecule has 0 fully saturated rings. The maximum absolute atomic E-state index is 11.7. The van der Waals surface area contributed by atoms with Gasteiger partial charge in [0.2, 0.25) is 0 Å².